The number of fused-ring (bicyclic) bond motifs is 3. The van der Waals surface area contributed by atoms with E-state index in [1.54, 1.807) is 24.3 Å². The second-order valence-electron chi connectivity index (χ2n) is 5.94. The molecule has 0 fully saturated rings. The number of nitrogens with zero attached hydrogens (tertiary/aromatic N) is 1. The molecule has 0 aliphatic carbocycles. The van der Waals surface area contributed by atoms with Gasteiger partial charge in [-0.2, -0.15) is 0 Å². The summed E-state index contributed by atoms with van der Waals surface area (Å²) in [4.78, 5) is 28.0. The first-order valence-corrected chi connectivity index (χ1v) is 8.71. The molecule has 0 saturated heterocycles. The van der Waals surface area contributed by atoms with E-state index in [1.165, 1.54) is 6.07 Å². The summed E-state index contributed by atoms with van der Waals surface area (Å²) in [6, 6.07) is 13.7. The monoisotopic (exact) mass is 399 g/mol. The Morgan fingerprint density at radius 3 is 2.56 bits per heavy atom. The van der Waals surface area contributed by atoms with E-state index < -0.39 is 17.2 Å². The number of rotatable bonds is 2. The molecule has 134 valence electrons. The normalized spacial score (nSPS) is 12.6. The Morgan fingerprint density at radius 1 is 1.04 bits per heavy atom. The number of carboxylic acid groups (broad SMARTS) is 1. The fraction of sp³-hybridized carbons (Fsp3) is 0.0500. The molecule has 1 N–H and O–H groups in total. The predicted molar refractivity (Wildman–Crippen MR) is 103 cm³/mol. The summed E-state index contributed by atoms with van der Waals surface area (Å²) in [5.41, 5.74) is 1.70. The van der Waals surface area contributed by atoms with E-state index in [9.17, 15) is 14.7 Å². The van der Waals surface area contributed by atoms with Crippen LogP contribution in [0.15, 0.2) is 62.7 Å². The SMILES string of the molecule is O=C(O)c1cc2c(oc1=O)-c1ccc(Cl)cc1C(c1ccccc1Cl)=NC2. The van der Waals surface area contributed by atoms with E-state index >= 15 is 0 Å². The lowest BCUT2D eigenvalue weighted by atomic mass is 9.95. The molecule has 2 heterocycles. The molecule has 4 rings (SSSR count). The van der Waals surface area contributed by atoms with Crippen LogP contribution >= 0.6 is 23.2 Å². The average Bonchev–Trinajstić information content (AvgIpc) is 2.78. The number of halogens is 2. The van der Waals surface area contributed by atoms with Crippen LogP contribution < -0.4 is 5.63 Å². The van der Waals surface area contributed by atoms with Crippen LogP contribution in [0.3, 0.4) is 0 Å². The van der Waals surface area contributed by atoms with Gasteiger partial charge in [0.25, 0.3) is 0 Å². The number of hydrogen-bond donors (Lipinski definition) is 1. The summed E-state index contributed by atoms with van der Waals surface area (Å²) < 4.78 is 5.37. The lowest BCUT2D eigenvalue weighted by molar-refractivity contribution is 0.0692. The molecule has 27 heavy (non-hydrogen) atoms. The first-order valence-electron chi connectivity index (χ1n) is 7.95. The molecule has 0 atom stereocenters. The number of carboxylic acids is 1. The van der Waals surface area contributed by atoms with Gasteiger partial charge in [-0.05, 0) is 30.3 Å². The molecule has 0 amide bonds. The average molecular weight is 400 g/mol. The van der Waals surface area contributed by atoms with Crippen molar-refractivity contribution in [3.8, 4) is 11.3 Å². The quantitative estimate of drug-likeness (QED) is 0.679. The van der Waals surface area contributed by atoms with E-state index in [2.05, 4.69) is 4.99 Å². The number of aliphatic imine (C=N–C) groups is 1. The van der Waals surface area contributed by atoms with Gasteiger partial charge in [0.15, 0.2) is 0 Å². The molecule has 0 radical (unpaired) electrons. The highest BCUT2D eigenvalue weighted by atomic mass is 35.5. The lowest BCUT2D eigenvalue weighted by Crippen LogP contribution is -2.15. The van der Waals surface area contributed by atoms with Crippen molar-refractivity contribution < 1.29 is 14.3 Å². The van der Waals surface area contributed by atoms with Crippen LogP contribution in [0.25, 0.3) is 11.3 Å². The Labute approximate surface area is 163 Å². The maximum absolute atomic E-state index is 12.1. The van der Waals surface area contributed by atoms with Crippen LogP contribution in [0.5, 0.6) is 0 Å². The van der Waals surface area contributed by atoms with Gasteiger partial charge in [0, 0.05) is 32.3 Å². The van der Waals surface area contributed by atoms with Gasteiger partial charge in [0.2, 0.25) is 0 Å². The predicted octanol–water partition coefficient (Wildman–Crippen LogP) is 4.66. The largest absolute Gasteiger partial charge is 0.477 e. The topological polar surface area (TPSA) is 79.9 Å². The molecule has 3 aromatic rings. The maximum Gasteiger partial charge on any atom is 0.351 e. The van der Waals surface area contributed by atoms with E-state index in [0.29, 0.717) is 38.0 Å². The van der Waals surface area contributed by atoms with E-state index in [1.807, 2.05) is 18.2 Å². The van der Waals surface area contributed by atoms with Gasteiger partial charge in [-0.3, -0.25) is 4.99 Å². The van der Waals surface area contributed by atoms with Gasteiger partial charge in [-0.15, -0.1) is 0 Å². The van der Waals surface area contributed by atoms with Crippen molar-refractivity contribution in [3.63, 3.8) is 0 Å². The minimum absolute atomic E-state index is 0.131. The fourth-order valence-corrected chi connectivity index (χ4v) is 3.45. The van der Waals surface area contributed by atoms with Gasteiger partial charge >= 0.3 is 11.6 Å². The van der Waals surface area contributed by atoms with E-state index in [0.717, 1.165) is 0 Å². The second kappa shape index (κ2) is 6.68. The molecule has 1 aliphatic heterocycles. The first kappa shape index (κ1) is 17.5. The number of aromatic carboxylic acids is 1. The third-order valence-corrected chi connectivity index (χ3v) is 4.84. The molecule has 0 bridgehead atoms. The zero-order chi connectivity index (χ0) is 19.1. The lowest BCUT2D eigenvalue weighted by Gasteiger charge is -2.12. The van der Waals surface area contributed by atoms with Crippen molar-refractivity contribution in [3.05, 3.63) is 91.3 Å². The number of hydrogen-bond acceptors (Lipinski definition) is 4. The summed E-state index contributed by atoms with van der Waals surface area (Å²) in [5.74, 6) is -1.06. The van der Waals surface area contributed by atoms with Gasteiger partial charge in [-0.25, -0.2) is 9.59 Å². The minimum Gasteiger partial charge on any atom is -0.477 e. The Kier molecular flexibility index (Phi) is 4.34. The zero-order valence-electron chi connectivity index (χ0n) is 13.7. The van der Waals surface area contributed by atoms with Crippen molar-refractivity contribution >= 4 is 34.9 Å². The third-order valence-electron chi connectivity index (χ3n) is 4.27. The third kappa shape index (κ3) is 3.05. The van der Waals surface area contributed by atoms with Crippen LogP contribution in [0.2, 0.25) is 10.0 Å². The van der Waals surface area contributed by atoms with Crippen LogP contribution in [0.1, 0.15) is 27.0 Å². The second-order valence-corrected chi connectivity index (χ2v) is 6.79. The van der Waals surface area contributed by atoms with Gasteiger partial charge in [0.05, 0.1) is 12.3 Å². The molecule has 1 aliphatic rings. The maximum atomic E-state index is 12.1. The van der Waals surface area contributed by atoms with Crippen LogP contribution in [0.4, 0.5) is 0 Å². The fourth-order valence-electron chi connectivity index (χ4n) is 3.05. The summed E-state index contributed by atoms with van der Waals surface area (Å²) in [5, 5.41) is 10.2. The van der Waals surface area contributed by atoms with Crippen LogP contribution in [0, 0.1) is 0 Å². The molecule has 2 aromatic carbocycles. The Balaban J connectivity index is 2.03. The Bertz CT molecular complexity index is 1180. The van der Waals surface area contributed by atoms with Gasteiger partial charge < -0.3 is 9.52 Å². The highest BCUT2D eigenvalue weighted by molar-refractivity contribution is 6.36. The van der Waals surface area contributed by atoms with Crippen molar-refractivity contribution in [1.82, 2.24) is 0 Å². The molecule has 5 nitrogen and oxygen atoms in total. The zero-order valence-corrected chi connectivity index (χ0v) is 15.2. The van der Waals surface area contributed by atoms with Crippen LogP contribution in [-0.4, -0.2) is 16.8 Å². The summed E-state index contributed by atoms with van der Waals surface area (Å²) >= 11 is 12.5. The summed E-state index contributed by atoms with van der Waals surface area (Å²) in [7, 11) is 0. The summed E-state index contributed by atoms with van der Waals surface area (Å²) in [6.07, 6.45) is 0. The molecule has 1 aromatic heterocycles. The molecule has 0 unspecified atom stereocenters. The highest BCUT2D eigenvalue weighted by Gasteiger charge is 2.25. The Morgan fingerprint density at radius 2 is 1.81 bits per heavy atom. The molecular weight excluding hydrogens is 389 g/mol. The number of benzene rings is 2. The summed E-state index contributed by atoms with van der Waals surface area (Å²) in [6.45, 7) is 0.131. The molecular formula is C20H11Cl2NO4. The van der Waals surface area contributed by atoms with E-state index in [4.69, 9.17) is 27.6 Å². The molecule has 0 spiro atoms. The smallest absolute Gasteiger partial charge is 0.351 e. The molecule has 0 saturated carbocycles. The number of carbonyl (C=O) groups is 1. The van der Waals surface area contributed by atoms with Gasteiger partial charge in [0.1, 0.15) is 11.3 Å². The Hall–Kier alpha value is -2.89. The van der Waals surface area contributed by atoms with Crippen molar-refractivity contribution in [2.45, 2.75) is 6.54 Å². The van der Waals surface area contributed by atoms with E-state index in [-0.39, 0.29) is 12.3 Å². The van der Waals surface area contributed by atoms with Crippen molar-refractivity contribution in [1.29, 1.82) is 0 Å². The first-order chi connectivity index (χ1) is 13.0. The minimum atomic E-state index is -1.34. The van der Waals surface area contributed by atoms with Gasteiger partial charge in [-0.1, -0.05) is 41.4 Å². The molecule has 7 heteroatoms. The van der Waals surface area contributed by atoms with Crippen molar-refractivity contribution in [2.24, 2.45) is 4.99 Å². The highest BCUT2D eigenvalue weighted by Crippen LogP contribution is 2.35. The van der Waals surface area contributed by atoms with Crippen LogP contribution in [-0.2, 0) is 6.54 Å². The van der Waals surface area contributed by atoms with Crippen molar-refractivity contribution in [2.75, 3.05) is 0 Å². The standard InChI is InChI=1S/C20H11Cl2NO4/c21-11-5-6-12-14(8-11)17(13-3-1-2-4-16(13)22)23-9-10-7-15(19(24)25)20(26)27-18(10)12/h1-8H,9H2,(H,24,25).